The molecule has 0 bridgehead atoms. The maximum absolute atomic E-state index is 6.52. The molecule has 1 aromatic carbocycles. The van der Waals surface area contributed by atoms with Crippen LogP contribution in [0.3, 0.4) is 0 Å². The second-order valence-corrected chi connectivity index (χ2v) is 15.8. The Labute approximate surface area is 247 Å². The largest absolute Gasteiger partial charge is 0.398 e. The minimum Gasteiger partial charge on any atom is -0.398 e. The van der Waals surface area contributed by atoms with Crippen LogP contribution in [0.2, 0.25) is 0 Å². The summed E-state index contributed by atoms with van der Waals surface area (Å²) in [6, 6.07) is 5.86. The normalized spacial score (nSPS) is 38.0. The number of unbranched alkanes of at least 4 members (excludes halogenated alkanes) is 1. The van der Waals surface area contributed by atoms with Crippen molar-refractivity contribution in [1.82, 2.24) is 0 Å². The summed E-state index contributed by atoms with van der Waals surface area (Å²) in [7, 11) is 0. The van der Waals surface area contributed by atoms with Crippen LogP contribution in [0.15, 0.2) is 18.2 Å². The van der Waals surface area contributed by atoms with Crippen molar-refractivity contribution < 1.29 is 4.74 Å². The van der Waals surface area contributed by atoms with Gasteiger partial charge in [-0.2, -0.15) is 0 Å². The van der Waals surface area contributed by atoms with Gasteiger partial charge < -0.3 is 16.2 Å². The highest BCUT2D eigenvalue weighted by Gasteiger charge is 2.60. The molecular formula is C37H62N2O. The lowest BCUT2D eigenvalue weighted by atomic mass is 9.44. The van der Waals surface area contributed by atoms with Gasteiger partial charge in [0.2, 0.25) is 0 Å². The van der Waals surface area contributed by atoms with Crippen molar-refractivity contribution in [2.75, 3.05) is 18.1 Å². The molecule has 4 saturated carbocycles. The van der Waals surface area contributed by atoms with Crippen molar-refractivity contribution in [2.24, 2.45) is 52.3 Å². The predicted octanol–water partition coefficient (Wildman–Crippen LogP) is 9.68. The van der Waals surface area contributed by atoms with Gasteiger partial charge in [0.1, 0.15) is 0 Å². The minimum atomic E-state index is 0.470. The van der Waals surface area contributed by atoms with Crippen LogP contribution < -0.4 is 11.5 Å². The van der Waals surface area contributed by atoms with Crippen molar-refractivity contribution in [3.63, 3.8) is 0 Å². The fourth-order valence-corrected chi connectivity index (χ4v) is 11.0. The van der Waals surface area contributed by atoms with Crippen LogP contribution in [0.5, 0.6) is 0 Å². The lowest BCUT2D eigenvalue weighted by Gasteiger charge is -2.61. The van der Waals surface area contributed by atoms with Gasteiger partial charge >= 0.3 is 0 Å². The van der Waals surface area contributed by atoms with Crippen LogP contribution in [0.1, 0.15) is 130 Å². The summed E-state index contributed by atoms with van der Waals surface area (Å²) in [6.07, 6.45) is 20.8. The first-order chi connectivity index (χ1) is 19.1. The molecule has 4 aliphatic carbocycles. The molecule has 4 fully saturated rings. The van der Waals surface area contributed by atoms with E-state index >= 15 is 0 Å². The van der Waals surface area contributed by atoms with Gasteiger partial charge in [-0.05, 0) is 147 Å². The number of benzene rings is 1. The number of fused-ring (bicyclic) bond motifs is 5. The molecule has 0 aliphatic heterocycles. The van der Waals surface area contributed by atoms with Gasteiger partial charge in [0.25, 0.3) is 0 Å². The number of hydrogen-bond donors (Lipinski definition) is 2. The number of ether oxygens (including phenoxy) is 1. The Hall–Kier alpha value is -1.22. The molecule has 226 valence electrons. The third-order valence-corrected chi connectivity index (χ3v) is 13.2. The Morgan fingerprint density at radius 3 is 2.30 bits per heavy atom. The molecule has 3 heteroatoms. The topological polar surface area (TPSA) is 61.3 Å². The van der Waals surface area contributed by atoms with Crippen LogP contribution in [-0.2, 0) is 11.2 Å². The maximum Gasteiger partial charge on any atom is 0.0578 e. The van der Waals surface area contributed by atoms with Crippen molar-refractivity contribution in [3.05, 3.63) is 23.8 Å². The van der Waals surface area contributed by atoms with Gasteiger partial charge in [-0.3, -0.25) is 0 Å². The Morgan fingerprint density at radius 1 is 0.825 bits per heavy atom. The van der Waals surface area contributed by atoms with Gasteiger partial charge in [0.05, 0.1) is 6.10 Å². The van der Waals surface area contributed by atoms with Gasteiger partial charge in [-0.15, -0.1) is 0 Å². The van der Waals surface area contributed by atoms with Gasteiger partial charge in [-0.1, -0.05) is 59.9 Å². The number of hydrogen-bond acceptors (Lipinski definition) is 3. The summed E-state index contributed by atoms with van der Waals surface area (Å²) in [4.78, 5) is 0. The SMILES string of the molecule is CC(C)CCC[C@@H](C)[C@H]1CCC2C3CCC4CC(OCCCCc5c(N)cccc5N)CC[C@]4(C)C3CC[C@@]21C. The smallest absolute Gasteiger partial charge is 0.0578 e. The van der Waals surface area contributed by atoms with E-state index in [1.54, 1.807) is 0 Å². The highest BCUT2D eigenvalue weighted by Crippen LogP contribution is 2.68. The minimum absolute atomic E-state index is 0.470. The Balaban J connectivity index is 1.11. The van der Waals surface area contributed by atoms with E-state index in [9.17, 15) is 0 Å². The monoisotopic (exact) mass is 550 g/mol. The van der Waals surface area contributed by atoms with E-state index in [1.807, 2.05) is 18.2 Å². The first-order valence-electron chi connectivity index (χ1n) is 17.4. The molecule has 0 spiro atoms. The second kappa shape index (κ2) is 12.6. The average Bonchev–Trinajstić information content (AvgIpc) is 3.27. The number of nitrogen functional groups attached to an aromatic ring is 2. The van der Waals surface area contributed by atoms with Crippen LogP contribution in [0.4, 0.5) is 11.4 Å². The zero-order valence-corrected chi connectivity index (χ0v) is 26.7. The zero-order valence-electron chi connectivity index (χ0n) is 26.7. The third-order valence-electron chi connectivity index (χ3n) is 13.2. The lowest BCUT2D eigenvalue weighted by Crippen LogP contribution is -2.54. The van der Waals surface area contributed by atoms with Crippen LogP contribution in [-0.4, -0.2) is 12.7 Å². The first-order valence-corrected chi connectivity index (χ1v) is 17.4. The molecule has 5 unspecified atom stereocenters. The van der Waals surface area contributed by atoms with Crippen molar-refractivity contribution in [2.45, 2.75) is 137 Å². The zero-order chi connectivity index (χ0) is 28.5. The lowest BCUT2D eigenvalue weighted by molar-refractivity contribution is -0.136. The van der Waals surface area contributed by atoms with E-state index in [4.69, 9.17) is 16.2 Å². The average molecular weight is 551 g/mol. The summed E-state index contributed by atoms with van der Waals surface area (Å²) < 4.78 is 6.52. The maximum atomic E-state index is 6.52. The number of nitrogens with two attached hydrogens (primary N) is 2. The van der Waals surface area contributed by atoms with E-state index in [0.29, 0.717) is 16.9 Å². The second-order valence-electron chi connectivity index (χ2n) is 15.8. The van der Waals surface area contributed by atoms with E-state index in [0.717, 1.165) is 84.2 Å². The highest BCUT2D eigenvalue weighted by atomic mass is 16.5. The molecule has 5 rings (SSSR count). The Kier molecular flexibility index (Phi) is 9.50. The van der Waals surface area contributed by atoms with E-state index in [2.05, 4.69) is 34.6 Å². The Bertz CT molecular complexity index is 955. The molecule has 0 radical (unpaired) electrons. The summed E-state index contributed by atoms with van der Waals surface area (Å²) in [5.74, 6) is 6.54. The standard InChI is InChI=1S/C37H62N2O/c1-25(2)10-8-11-26(3)31-17-18-32-29-16-15-27-24-28(19-21-36(27,4)33(29)20-22-37(31,32)5)40-23-7-6-12-30-34(38)13-9-14-35(30)39/h9,13-14,25-29,31-33H,6-8,10-12,15-24,38-39H2,1-5H3/t26-,27?,28?,29?,31-,32?,33?,36+,37-/m1/s1. The molecule has 0 aromatic heterocycles. The molecule has 9 atom stereocenters. The van der Waals surface area contributed by atoms with Crippen LogP contribution in [0.25, 0.3) is 0 Å². The fourth-order valence-electron chi connectivity index (χ4n) is 11.0. The van der Waals surface area contributed by atoms with Crippen LogP contribution in [0, 0.1) is 52.3 Å². The van der Waals surface area contributed by atoms with Crippen molar-refractivity contribution >= 4 is 11.4 Å². The van der Waals surface area contributed by atoms with E-state index in [-0.39, 0.29) is 0 Å². The van der Waals surface area contributed by atoms with Crippen molar-refractivity contribution in [1.29, 1.82) is 0 Å². The molecule has 40 heavy (non-hydrogen) atoms. The Morgan fingerprint density at radius 2 is 1.55 bits per heavy atom. The number of anilines is 2. The molecular weight excluding hydrogens is 488 g/mol. The summed E-state index contributed by atoms with van der Waals surface area (Å²) in [6.45, 7) is 13.7. The van der Waals surface area contributed by atoms with Gasteiger partial charge in [-0.25, -0.2) is 0 Å². The summed E-state index contributed by atoms with van der Waals surface area (Å²) in [5, 5.41) is 0. The third kappa shape index (κ3) is 5.97. The summed E-state index contributed by atoms with van der Waals surface area (Å²) in [5.41, 5.74) is 16.2. The molecule has 4 aliphatic rings. The van der Waals surface area contributed by atoms with E-state index < -0.39 is 0 Å². The predicted molar refractivity (Wildman–Crippen MR) is 171 cm³/mol. The highest BCUT2D eigenvalue weighted by molar-refractivity contribution is 5.61. The van der Waals surface area contributed by atoms with Crippen LogP contribution >= 0.6 is 0 Å². The number of rotatable bonds is 11. The first kappa shape index (κ1) is 30.2. The quantitative estimate of drug-likeness (QED) is 0.213. The molecule has 0 amide bonds. The molecule has 1 aromatic rings. The molecule has 3 nitrogen and oxygen atoms in total. The van der Waals surface area contributed by atoms with Gasteiger partial charge in [0, 0.05) is 18.0 Å². The molecule has 0 heterocycles. The van der Waals surface area contributed by atoms with E-state index in [1.165, 1.54) is 77.0 Å². The van der Waals surface area contributed by atoms with Crippen molar-refractivity contribution in [3.8, 4) is 0 Å². The summed E-state index contributed by atoms with van der Waals surface area (Å²) >= 11 is 0. The van der Waals surface area contributed by atoms with Gasteiger partial charge in [0.15, 0.2) is 0 Å². The molecule has 4 N–H and O–H groups in total. The molecule has 0 saturated heterocycles. The fraction of sp³-hybridized carbons (Fsp3) is 0.838.